The van der Waals surface area contributed by atoms with Crippen LogP contribution in [0, 0.1) is 20.8 Å². The number of anilines is 1. The molecule has 138 valence electrons. The number of benzene rings is 2. The van der Waals surface area contributed by atoms with Crippen molar-refractivity contribution in [2.75, 3.05) is 11.9 Å². The lowest BCUT2D eigenvalue weighted by Gasteiger charge is -2.18. The van der Waals surface area contributed by atoms with Crippen LogP contribution in [0.25, 0.3) is 0 Å². The first-order valence-corrected chi connectivity index (χ1v) is 8.65. The maximum absolute atomic E-state index is 12.5. The van der Waals surface area contributed by atoms with Gasteiger partial charge < -0.3 is 14.8 Å². The van der Waals surface area contributed by atoms with Gasteiger partial charge >= 0.3 is 5.97 Å². The minimum Gasteiger partial charge on any atom is -0.481 e. The van der Waals surface area contributed by atoms with Gasteiger partial charge in [-0.25, -0.2) is 4.79 Å². The number of hydrogen-bond acceptors (Lipinski definition) is 4. The molecule has 5 heteroatoms. The van der Waals surface area contributed by atoms with Crippen molar-refractivity contribution in [3.8, 4) is 5.75 Å². The molecule has 0 aliphatic heterocycles. The van der Waals surface area contributed by atoms with Crippen LogP contribution in [0.4, 0.5) is 5.69 Å². The molecule has 0 saturated heterocycles. The monoisotopic (exact) mass is 355 g/mol. The van der Waals surface area contributed by atoms with Gasteiger partial charge in [0.15, 0.2) is 6.10 Å². The molecule has 1 atom stereocenters. The minimum absolute atomic E-state index is 0.252. The highest BCUT2D eigenvalue weighted by atomic mass is 16.5. The van der Waals surface area contributed by atoms with Gasteiger partial charge in [0.2, 0.25) is 0 Å². The molecule has 0 radical (unpaired) electrons. The van der Waals surface area contributed by atoms with E-state index in [1.165, 1.54) is 0 Å². The molecule has 0 saturated carbocycles. The number of nitrogens with one attached hydrogen (secondary N) is 1. The summed E-state index contributed by atoms with van der Waals surface area (Å²) < 4.78 is 10.8. The number of rotatable bonds is 6. The third-order valence-electron chi connectivity index (χ3n) is 4.22. The summed E-state index contributed by atoms with van der Waals surface area (Å²) in [6.07, 6.45) is -0.653. The molecule has 0 heterocycles. The number of amides is 1. The van der Waals surface area contributed by atoms with E-state index >= 15 is 0 Å². The van der Waals surface area contributed by atoms with Crippen LogP contribution in [0.15, 0.2) is 36.4 Å². The van der Waals surface area contributed by atoms with Gasteiger partial charge in [0.05, 0.1) is 12.2 Å². The molecule has 0 aromatic heterocycles. The molecule has 2 rings (SSSR count). The van der Waals surface area contributed by atoms with Crippen molar-refractivity contribution in [3.05, 3.63) is 58.7 Å². The molecule has 26 heavy (non-hydrogen) atoms. The van der Waals surface area contributed by atoms with E-state index in [1.807, 2.05) is 39.0 Å². The summed E-state index contributed by atoms with van der Waals surface area (Å²) in [6, 6.07) is 10.8. The maximum Gasteiger partial charge on any atom is 0.338 e. The zero-order chi connectivity index (χ0) is 19.3. The standard InChI is InChI=1S/C21H25NO4/c1-6-25-21(24)17-10-11-18(14(3)12-17)22-20(23)16(5)26-19-9-7-8-13(2)15(19)4/h7-12,16H,6H2,1-5H3,(H,22,23)/t16-/m1/s1. The van der Waals surface area contributed by atoms with E-state index in [2.05, 4.69) is 5.32 Å². The average molecular weight is 355 g/mol. The summed E-state index contributed by atoms with van der Waals surface area (Å²) in [5, 5.41) is 2.85. The molecule has 2 aromatic rings. The Morgan fingerprint density at radius 1 is 1.08 bits per heavy atom. The summed E-state index contributed by atoms with van der Waals surface area (Å²) in [5.74, 6) is 0.0695. The molecule has 0 aliphatic carbocycles. The highest BCUT2D eigenvalue weighted by molar-refractivity contribution is 5.96. The zero-order valence-electron chi connectivity index (χ0n) is 15.9. The van der Waals surface area contributed by atoms with E-state index in [1.54, 1.807) is 32.0 Å². The predicted octanol–water partition coefficient (Wildman–Crippen LogP) is 4.19. The molecule has 1 N–H and O–H groups in total. The molecule has 2 aromatic carbocycles. The molecule has 0 bridgehead atoms. The quantitative estimate of drug-likeness (QED) is 0.789. The Morgan fingerprint density at radius 3 is 2.46 bits per heavy atom. The van der Waals surface area contributed by atoms with Crippen molar-refractivity contribution in [1.82, 2.24) is 0 Å². The summed E-state index contributed by atoms with van der Waals surface area (Å²) in [7, 11) is 0. The van der Waals surface area contributed by atoms with Crippen molar-refractivity contribution < 1.29 is 19.1 Å². The fourth-order valence-corrected chi connectivity index (χ4v) is 2.48. The number of esters is 1. The van der Waals surface area contributed by atoms with Crippen LogP contribution in [0.5, 0.6) is 5.75 Å². The number of ether oxygens (including phenoxy) is 2. The lowest BCUT2D eigenvalue weighted by atomic mass is 10.1. The molecular formula is C21H25NO4. The highest BCUT2D eigenvalue weighted by Gasteiger charge is 2.17. The lowest BCUT2D eigenvalue weighted by molar-refractivity contribution is -0.122. The fourth-order valence-electron chi connectivity index (χ4n) is 2.48. The Labute approximate surface area is 154 Å². The zero-order valence-corrected chi connectivity index (χ0v) is 15.9. The first-order chi connectivity index (χ1) is 12.3. The average Bonchev–Trinajstić information content (AvgIpc) is 2.60. The second kappa shape index (κ2) is 8.52. The second-order valence-electron chi connectivity index (χ2n) is 6.20. The van der Waals surface area contributed by atoms with Crippen LogP contribution < -0.4 is 10.1 Å². The van der Waals surface area contributed by atoms with Crippen LogP contribution >= 0.6 is 0 Å². The Hall–Kier alpha value is -2.82. The Balaban J connectivity index is 2.07. The van der Waals surface area contributed by atoms with Crippen LogP contribution in [0.3, 0.4) is 0 Å². The molecule has 1 amide bonds. The summed E-state index contributed by atoms with van der Waals surface area (Å²) >= 11 is 0. The van der Waals surface area contributed by atoms with Crippen molar-refractivity contribution >= 4 is 17.6 Å². The van der Waals surface area contributed by atoms with Gasteiger partial charge in [0, 0.05) is 5.69 Å². The number of aryl methyl sites for hydroxylation is 2. The Morgan fingerprint density at radius 2 is 1.81 bits per heavy atom. The van der Waals surface area contributed by atoms with Crippen molar-refractivity contribution in [3.63, 3.8) is 0 Å². The summed E-state index contributed by atoms with van der Waals surface area (Å²) in [6.45, 7) is 9.59. The van der Waals surface area contributed by atoms with Crippen LogP contribution in [-0.4, -0.2) is 24.6 Å². The Bertz CT molecular complexity index is 814. The first-order valence-electron chi connectivity index (χ1n) is 8.65. The van der Waals surface area contributed by atoms with Gasteiger partial charge in [-0.15, -0.1) is 0 Å². The molecule has 0 fully saturated rings. The van der Waals surface area contributed by atoms with Crippen LogP contribution in [0.2, 0.25) is 0 Å². The first kappa shape index (κ1) is 19.5. The fraction of sp³-hybridized carbons (Fsp3) is 0.333. The molecule has 0 unspecified atom stereocenters. The van der Waals surface area contributed by atoms with Gasteiger partial charge in [0.25, 0.3) is 5.91 Å². The van der Waals surface area contributed by atoms with E-state index in [-0.39, 0.29) is 11.9 Å². The second-order valence-corrected chi connectivity index (χ2v) is 6.20. The Kier molecular flexibility index (Phi) is 6.39. The molecule has 5 nitrogen and oxygen atoms in total. The van der Waals surface area contributed by atoms with Crippen molar-refractivity contribution in [1.29, 1.82) is 0 Å². The smallest absolute Gasteiger partial charge is 0.338 e. The molecule has 0 aliphatic rings. The molecule has 0 spiro atoms. The van der Waals surface area contributed by atoms with E-state index in [0.29, 0.717) is 23.6 Å². The molecular weight excluding hydrogens is 330 g/mol. The van der Waals surface area contributed by atoms with Gasteiger partial charge in [-0.1, -0.05) is 12.1 Å². The highest BCUT2D eigenvalue weighted by Crippen LogP contribution is 2.23. The van der Waals surface area contributed by atoms with Gasteiger partial charge in [-0.3, -0.25) is 4.79 Å². The van der Waals surface area contributed by atoms with E-state index in [9.17, 15) is 9.59 Å². The van der Waals surface area contributed by atoms with Crippen molar-refractivity contribution in [2.24, 2.45) is 0 Å². The van der Waals surface area contributed by atoms with E-state index in [0.717, 1.165) is 16.7 Å². The van der Waals surface area contributed by atoms with E-state index in [4.69, 9.17) is 9.47 Å². The van der Waals surface area contributed by atoms with Gasteiger partial charge in [-0.2, -0.15) is 0 Å². The number of carbonyl (C=O) groups excluding carboxylic acids is 2. The number of carbonyl (C=O) groups is 2. The lowest BCUT2D eigenvalue weighted by Crippen LogP contribution is -2.30. The topological polar surface area (TPSA) is 64.6 Å². The van der Waals surface area contributed by atoms with Gasteiger partial charge in [-0.05, 0) is 75.6 Å². The third kappa shape index (κ3) is 4.63. The van der Waals surface area contributed by atoms with E-state index < -0.39 is 6.10 Å². The summed E-state index contributed by atoms with van der Waals surface area (Å²) in [5.41, 5.74) is 4.01. The normalized spacial score (nSPS) is 11.6. The SMILES string of the molecule is CCOC(=O)c1ccc(NC(=O)[C@@H](C)Oc2cccc(C)c2C)c(C)c1. The number of hydrogen-bond donors (Lipinski definition) is 1. The van der Waals surface area contributed by atoms with Gasteiger partial charge in [0.1, 0.15) is 5.75 Å². The van der Waals surface area contributed by atoms with Crippen molar-refractivity contribution in [2.45, 2.75) is 40.7 Å². The minimum atomic E-state index is -0.653. The maximum atomic E-state index is 12.5. The van der Waals surface area contributed by atoms with Crippen LogP contribution in [0.1, 0.15) is 40.9 Å². The summed E-state index contributed by atoms with van der Waals surface area (Å²) in [4.78, 5) is 24.2. The third-order valence-corrected chi connectivity index (χ3v) is 4.22. The van der Waals surface area contributed by atoms with Crippen LogP contribution in [-0.2, 0) is 9.53 Å². The largest absolute Gasteiger partial charge is 0.481 e. The predicted molar refractivity (Wildman–Crippen MR) is 102 cm³/mol.